The molecular formula is C22H28N2O2. The van der Waals surface area contributed by atoms with E-state index in [0.29, 0.717) is 5.92 Å². The van der Waals surface area contributed by atoms with Gasteiger partial charge < -0.3 is 15.0 Å². The first-order chi connectivity index (χ1) is 12.7. The predicted octanol–water partition coefficient (Wildman–Crippen LogP) is 4.82. The lowest BCUT2D eigenvalue weighted by atomic mass is 9.99. The maximum Gasteiger partial charge on any atom is 0.262 e. The second kappa shape index (κ2) is 8.75. The third-order valence-corrected chi connectivity index (χ3v) is 5.06. The monoisotopic (exact) mass is 352 g/mol. The second-order valence-electron chi connectivity index (χ2n) is 6.93. The van der Waals surface area contributed by atoms with E-state index in [1.807, 2.05) is 30.3 Å². The van der Waals surface area contributed by atoms with Crippen molar-refractivity contribution in [2.24, 2.45) is 0 Å². The van der Waals surface area contributed by atoms with Gasteiger partial charge in [-0.3, -0.25) is 4.79 Å². The van der Waals surface area contributed by atoms with Gasteiger partial charge in [0.15, 0.2) is 6.61 Å². The summed E-state index contributed by atoms with van der Waals surface area (Å²) in [5.74, 6) is 1.12. The van der Waals surface area contributed by atoms with Gasteiger partial charge in [-0.2, -0.15) is 0 Å². The molecule has 4 heteroatoms. The van der Waals surface area contributed by atoms with E-state index in [1.165, 1.54) is 18.4 Å². The summed E-state index contributed by atoms with van der Waals surface area (Å²) in [5, 5.41) is 2.99. The first kappa shape index (κ1) is 18.3. The van der Waals surface area contributed by atoms with E-state index in [9.17, 15) is 4.79 Å². The van der Waals surface area contributed by atoms with Crippen LogP contribution in [0.15, 0.2) is 48.5 Å². The summed E-state index contributed by atoms with van der Waals surface area (Å²) in [6.45, 7) is 6.50. The summed E-state index contributed by atoms with van der Waals surface area (Å²) in [6.07, 6.45) is 3.52. The van der Waals surface area contributed by atoms with Crippen LogP contribution in [0.5, 0.6) is 5.75 Å². The van der Waals surface area contributed by atoms with Crippen LogP contribution >= 0.6 is 0 Å². The Morgan fingerprint density at radius 3 is 2.50 bits per heavy atom. The largest absolute Gasteiger partial charge is 0.484 e. The Kier molecular flexibility index (Phi) is 6.16. The Morgan fingerprint density at radius 2 is 1.81 bits per heavy atom. The summed E-state index contributed by atoms with van der Waals surface area (Å²) >= 11 is 0. The van der Waals surface area contributed by atoms with Crippen molar-refractivity contribution in [1.29, 1.82) is 0 Å². The zero-order valence-corrected chi connectivity index (χ0v) is 15.7. The van der Waals surface area contributed by atoms with Crippen molar-refractivity contribution in [2.75, 3.05) is 29.9 Å². The molecule has 1 aliphatic heterocycles. The third-order valence-electron chi connectivity index (χ3n) is 5.06. The molecular weight excluding hydrogens is 324 g/mol. The summed E-state index contributed by atoms with van der Waals surface area (Å²) in [5.41, 5.74) is 3.25. The molecule has 1 fully saturated rings. The first-order valence-electron chi connectivity index (χ1n) is 9.54. The van der Waals surface area contributed by atoms with Crippen LogP contribution in [0.25, 0.3) is 0 Å². The van der Waals surface area contributed by atoms with Crippen LogP contribution in [0.3, 0.4) is 0 Å². The van der Waals surface area contributed by atoms with Crippen LogP contribution in [0.1, 0.15) is 44.6 Å². The molecule has 1 amide bonds. The van der Waals surface area contributed by atoms with Crippen LogP contribution < -0.4 is 15.0 Å². The van der Waals surface area contributed by atoms with Crippen LogP contribution in [-0.2, 0) is 4.79 Å². The van der Waals surface area contributed by atoms with Gasteiger partial charge in [0, 0.05) is 13.1 Å². The van der Waals surface area contributed by atoms with E-state index < -0.39 is 0 Å². The molecule has 1 N–H and O–H groups in total. The van der Waals surface area contributed by atoms with E-state index in [4.69, 9.17) is 4.74 Å². The van der Waals surface area contributed by atoms with Crippen molar-refractivity contribution in [2.45, 2.75) is 39.0 Å². The first-order valence-corrected chi connectivity index (χ1v) is 9.54. The maximum absolute atomic E-state index is 12.3. The van der Waals surface area contributed by atoms with Crippen molar-refractivity contribution < 1.29 is 9.53 Å². The van der Waals surface area contributed by atoms with Gasteiger partial charge in [0.05, 0.1) is 11.4 Å². The Hall–Kier alpha value is -2.49. The van der Waals surface area contributed by atoms with Gasteiger partial charge >= 0.3 is 0 Å². The molecule has 1 aliphatic rings. The molecule has 0 saturated carbocycles. The van der Waals surface area contributed by atoms with Gasteiger partial charge in [-0.1, -0.05) is 38.1 Å². The molecule has 2 aromatic rings. The number of hydrogen-bond acceptors (Lipinski definition) is 3. The third kappa shape index (κ3) is 4.57. The molecule has 0 bridgehead atoms. The fourth-order valence-corrected chi connectivity index (χ4v) is 3.28. The van der Waals surface area contributed by atoms with Gasteiger partial charge in [0.2, 0.25) is 0 Å². The summed E-state index contributed by atoms with van der Waals surface area (Å²) in [7, 11) is 0. The van der Waals surface area contributed by atoms with Gasteiger partial charge in [-0.05, 0) is 55.0 Å². The highest BCUT2D eigenvalue weighted by molar-refractivity contribution is 5.95. The number of carbonyl (C=O) groups excluding carboxylic acids is 1. The molecule has 3 rings (SSSR count). The van der Waals surface area contributed by atoms with Crippen molar-refractivity contribution in [3.8, 4) is 5.75 Å². The van der Waals surface area contributed by atoms with Crippen LogP contribution in [0.4, 0.5) is 11.4 Å². The standard InChI is InChI=1S/C22H28N2O2/c1-3-17(2)18-10-12-19(13-11-18)26-16-22(25)23-20-8-4-5-9-21(20)24-14-6-7-15-24/h4-5,8-13,17H,3,6-7,14-16H2,1-2H3,(H,23,25)/t17-/m0/s1. The zero-order chi connectivity index (χ0) is 18.4. The summed E-state index contributed by atoms with van der Waals surface area (Å²) in [4.78, 5) is 14.6. The van der Waals surface area contributed by atoms with Crippen LogP contribution in [-0.4, -0.2) is 25.6 Å². The molecule has 0 unspecified atom stereocenters. The molecule has 0 aliphatic carbocycles. The van der Waals surface area contributed by atoms with Crippen molar-refractivity contribution in [1.82, 2.24) is 0 Å². The normalized spacial score (nSPS) is 14.9. The number of ether oxygens (including phenoxy) is 1. The van der Waals surface area contributed by atoms with Crippen molar-refractivity contribution in [3.05, 3.63) is 54.1 Å². The SMILES string of the molecule is CC[C@H](C)c1ccc(OCC(=O)Nc2ccccc2N2CCCC2)cc1. The number of rotatable bonds is 7. The molecule has 4 nitrogen and oxygen atoms in total. The highest BCUT2D eigenvalue weighted by Crippen LogP contribution is 2.28. The molecule has 1 saturated heterocycles. The molecule has 26 heavy (non-hydrogen) atoms. The lowest BCUT2D eigenvalue weighted by molar-refractivity contribution is -0.118. The molecule has 0 spiro atoms. The predicted molar refractivity (Wildman–Crippen MR) is 107 cm³/mol. The number of amides is 1. The highest BCUT2D eigenvalue weighted by atomic mass is 16.5. The van der Waals surface area contributed by atoms with Gasteiger partial charge in [-0.15, -0.1) is 0 Å². The van der Waals surface area contributed by atoms with Gasteiger partial charge in [0.25, 0.3) is 5.91 Å². The molecule has 2 aromatic carbocycles. The number of hydrogen-bond donors (Lipinski definition) is 1. The number of nitrogens with one attached hydrogen (secondary N) is 1. The van der Waals surface area contributed by atoms with E-state index >= 15 is 0 Å². The molecule has 0 aromatic heterocycles. The summed E-state index contributed by atoms with van der Waals surface area (Å²) in [6, 6.07) is 16.0. The molecule has 138 valence electrons. The minimum atomic E-state index is -0.136. The lowest BCUT2D eigenvalue weighted by Gasteiger charge is -2.21. The van der Waals surface area contributed by atoms with Crippen LogP contribution in [0, 0.1) is 0 Å². The Bertz CT molecular complexity index is 721. The summed E-state index contributed by atoms with van der Waals surface area (Å²) < 4.78 is 5.65. The average Bonchev–Trinajstić information content (AvgIpc) is 3.21. The smallest absolute Gasteiger partial charge is 0.262 e. The number of anilines is 2. The number of carbonyl (C=O) groups is 1. The maximum atomic E-state index is 12.3. The van der Waals surface area contributed by atoms with Crippen molar-refractivity contribution >= 4 is 17.3 Å². The van der Waals surface area contributed by atoms with Gasteiger partial charge in [-0.25, -0.2) is 0 Å². The number of benzene rings is 2. The Labute approximate surface area is 156 Å². The Balaban J connectivity index is 1.56. The Morgan fingerprint density at radius 1 is 1.12 bits per heavy atom. The van der Waals surface area contributed by atoms with E-state index in [2.05, 4.69) is 42.3 Å². The zero-order valence-electron chi connectivity index (χ0n) is 15.7. The fraction of sp³-hybridized carbons (Fsp3) is 0.409. The fourth-order valence-electron chi connectivity index (χ4n) is 3.28. The quantitative estimate of drug-likeness (QED) is 0.777. The van der Waals surface area contributed by atoms with Crippen LogP contribution in [0.2, 0.25) is 0 Å². The second-order valence-corrected chi connectivity index (χ2v) is 6.93. The molecule has 0 radical (unpaired) electrons. The van der Waals surface area contributed by atoms with E-state index in [1.54, 1.807) is 0 Å². The van der Waals surface area contributed by atoms with Gasteiger partial charge in [0.1, 0.15) is 5.75 Å². The number of para-hydroxylation sites is 2. The minimum absolute atomic E-state index is 0.0109. The highest BCUT2D eigenvalue weighted by Gasteiger charge is 2.16. The number of nitrogens with zero attached hydrogens (tertiary/aromatic N) is 1. The molecule has 1 atom stereocenters. The van der Waals surface area contributed by atoms with Crippen molar-refractivity contribution in [3.63, 3.8) is 0 Å². The van der Waals surface area contributed by atoms with E-state index in [0.717, 1.165) is 36.6 Å². The minimum Gasteiger partial charge on any atom is -0.484 e. The molecule has 1 heterocycles. The van der Waals surface area contributed by atoms with E-state index in [-0.39, 0.29) is 12.5 Å². The topological polar surface area (TPSA) is 41.6 Å². The average molecular weight is 352 g/mol. The lowest BCUT2D eigenvalue weighted by Crippen LogP contribution is -2.24.